The molecule has 1 aromatic rings. The quantitative estimate of drug-likeness (QED) is 0.805. The third kappa shape index (κ3) is 3.98. The zero-order valence-corrected chi connectivity index (χ0v) is 14.8. The van der Waals surface area contributed by atoms with Crippen molar-refractivity contribution in [3.8, 4) is 0 Å². The fourth-order valence-corrected chi connectivity index (χ4v) is 4.40. The number of alkyl halides is 3. The van der Waals surface area contributed by atoms with Crippen LogP contribution in [0.15, 0.2) is 12.1 Å². The van der Waals surface area contributed by atoms with E-state index in [1.54, 1.807) is 4.90 Å². The summed E-state index contributed by atoms with van der Waals surface area (Å²) in [6, 6.07) is 2.30. The number of hydrogen-bond acceptors (Lipinski definition) is 5. The molecular formula is C17H19F3N2O3S. The first-order valence-electron chi connectivity index (χ1n) is 8.52. The molecule has 3 heterocycles. The van der Waals surface area contributed by atoms with E-state index in [-0.39, 0.29) is 28.4 Å². The van der Waals surface area contributed by atoms with Crippen LogP contribution in [0, 0.1) is 11.8 Å². The number of Topliss-reactive ketones (excluding diaryl/α,β-unsaturated/α-hetero) is 2. The number of likely N-dealkylation sites (tertiary alicyclic amines) is 1. The van der Waals surface area contributed by atoms with Gasteiger partial charge in [-0.05, 0) is 37.9 Å². The van der Waals surface area contributed by atoms with Gasteiger partial charge in [-0.2, -0.15) is 13.2 Å². The molecule has 2 fully saturated rings. The zero-order valence-electron chi connectivity index (χ0n) is 14.0. The highest BCUT2D eigenvalue weighted by Gasteiger charge is 2.40. The summed E-state index contributed by atoms with van der Waals surface area (Å²) in [4.78, 5) is 37.3. The Hall–Kier alpha value is -1.74. The van der Waals surface area contributed by atoms with E-state index in [1.807, 2.05) is 0 Å². The number of rotatable bonds is 4. The van der Waals surface area contributed by atoms with Gasteiger partial charge in [0.1, 0.15) is 5.78 Å². The standard InChI is InChI=1S/C17H19F3N2O3S/c18-17(19,20)15(24)12-1-2-13(26-12)16(25)22-7-4-10(5-8-22)14(23)11-3-6-21-9-11/h1-2,10-11,21H,3-9H2. The average molecular weight is 388 g/mol. The lowest BCUT2D eigenvalue weighted by atomic mass is 9.85. The van der Waals surface area contributed by atoms with Crippen LogP contribution in [0.4, 0.5) is 13.2 Å². The van der Waals surface area contributed by atoms with Gasteiger partial charge in [0.25, 0.3) is 11.7 Å². The van der Waals surface area contributed by atoms with Crippen LogP contribution in [0.3, 0.4) is 0 Å². The predicted octanol–water partition coefficient (Wildman–Crippen LogP) is 2.52. The topological polar surface area (TPSA) is 66.5 Å². The second-order valence-electron chi connectivity index (χ2n) is 6.65. The van der Waals surface area contributed by atoms with Crippen molar-refractivity contribution < 1.29 is 27.6 Å². The van der Waals surface area contributed by atoms with Gasteiger partial charge < -0.3 is 10.2 Å². The molecule has 9 heteroatoms. The van der Waals surface area contributed by atoms with Crippen molar-refractivity contribution in [2.24, 2.45) is 11.8 Å². The summed E-state index contributed by atoms with van der Waals surface area (Å²) in [5.41, 5.74) is 0. The fourth-order valence-electron chi connectivity index (χ4n) is 3.47. The van der Waals surface area contributed by atoms with E-state index in [9.17, 15) is 27.6 Å². The average Bonchev–Trinajstić information content (AvgIpc) is 3.31. The van der Waals surface area contributed by atoms with Gasteiger partial charge in [0.15, 0.2) is 0 Å². The number of carbonyl (C=O) groups is 3. The lowest BCUT2D eigenvalue weighted by molar-refractivity contribution is -0.127. The van der Waals surface area contributed by atoms with Gasteiger partial charge in [-0.3, -0.25) is 14.4 Å². The van der Waals surface area contributed by atoms with Crippen LogP contribution in [0.25, 0.3) is 0 Å². The number of thiophene rings is 1. The molecule has 0 aliphatic carbocycles. The summed E-state index contributed by atoms with van der Waals surface area (Å²) in [5.74, 6) is -2.08. The minimum atomic E-state index is -4.95. The highest BCUT2D eigenvalue weighted by Crippen LogP contribution is 2.29. The molecule has 1 N–H and O–H groups in total. The van der Waals surface area contributed by atoms with E-state index >= 15 is 0 Å². The fraction of sp³-hybridized carbons (Fsp3) is 0.588. The summed E-state index contributed by atoms with van der Waals surface area (Å²) >= 11 is 0.561. The number of ketones is 2. The Bertz CT molecular complexity index is 702. The maximum absolute atomic E-state index is 12.5. The van der Waals surface area contributed by atoms with Crippen molar-refractivity contribution in [3.05, 3.63) is 21.9 Å². The summed E-state index contributed by atoms with van der Waals surface area (Å²) in [6.07, 6.45) is -2.95. The maximum Gasteiger partial charge on any atom is 0.455 e. The molecule has 0 aromatic carbocycles. The SMILES string of the molecule is O=C(C1CCN(C(=O)c2ccc(C(=O)C(F)(F)F)s2)CC1)C1CCNC1. The lowest BCUT2D eigenvalue weighted by Crippen LogP contribution is -2.41. The molecule has 1 aromatic heterocycles. The summed E-state index contributed by atoms with van der Waals surface area (Å²) in [7, 11) is 0. The van der Waals surface area contributed by atoms with E-state index < -0.39 is 16.8 Å². The van der Waals surface area contributed by atoms with Crippen molar-refractivity contribution in [1.82, 2.24) is 10.2 Å². The zero-order chi connectivity index (χ0) is 18.9. The monoisotopic (exact) mass is 388 g/mol. The Kier molecular flexibility index (Phi) is 5.47. The molecule has 2 saturated heterocycles. The normalized spacial score (nSPS) is 21.8. The van der Waals surface area contributed by atoms with E-state index in [0.717, 1.165) is 19.0 Å². The van der Waals surface area contributed by atoms with E-state index in [4.69, 9.17) is 0 Å². The van der Waals surface area contributed by atoms with Gasteiger partial charge in [0.2, 0.25) is 0 Å². The van der Waals surface area contributed by atoms with Crippen molar-refractivity contribution in [2.75, 3.05) is 26.2 Å². The van der Waals surface area contributed by atoms with Crippen LogP contribution in [0.5, 0.6) is 0 Å². The molecular weight excluding hydrogens is 369 g/mol. The second kappa shape index (κ2) is 7.48. The van der Waals surface area contributed by atoms with Crippen LogP contribution in [-0.2, 0) is 4.79 Å². The van der Waals surface area contributed by atoms with Gasteiger partial charge in [-0.1, -0.05) is 0 Å². The number of piperidine rings is 1. The number of carbonyl (C=O) groups excluding carboxylic acids is 3. The Morgan fingerprint density at radius 3 is 2.27 bits per heavy atom. The molecule has 0 bridgehead atoms. The molecule has 5 nitrogen and oxygen atoms in total. The molecule has 1 amide bonds. The molecule has 142 valence electrons. The summed E-state index contributed by atoms with van der Waals surface area (Å²) in [6.45, 7) is 2.36. The largest absolute Gasteiger partial charge is 0.455 e. The molecule has 3 rings (SSSR count). The molecule has 0 saturated carbocycles. The molecule has 1 unspecified atom stereocenters. The van der Waals surface area contributed by atoms with Crippen molar-refractivity contribution in [2.45, 2.75) is 25.4 Å². The van der Waals surface area contributed by atoms with E-state index in [2.05, 4.69) is 5.32 Å². The van der Waals surface area contributed by atoms with Gasteiger partial charge in [0, 0.05) is 31.5 Å². The van der Waals surface area contributed by atoms with Crippen molar-refractivity contribution in [3.63, 3.8) is 0 Å². The Balaban J connectivity index is 1.58. The van der Waals surface area contributed by atoms with Gasteiger partial charge in [-0.25, -0.2) is 0 Å². The Morgan fingerprint density at radius 2 is 1.69 bits per heavy atom. The minimum absolute atomic E-state index is 0.0514. The van der Waals surface area contributed by atoms with Crippen LogP contribution >= 0.6 is 11.3 Å². The first-order chi connectivity index (χ1) is 12.3. The second-order valence-corrected chi connectivity index (χ2v) is 7.73. The number of amides is 1. The summed E-state index contributed by atoms with van der Waals surface area (Å²) in [5, 5.41) is 3.17. The highest BCUT2D eigenvalue weighted by molar-refractivity contribution is 7.16. The van der Waals surface area contributed by atoms with Gasteiger partial charge in [-0.15, -0.1) is 11.3 Å². The van der Waals surface area contributed by atoms with E-state index in [0.29, 0.717) is 43.8 Å². The van der Waals surface area contributed by atoms with E-state index in [1.165, 1.54) is 6.07 Å². The third-order valence-corrected chi connectivity index (χ3v) is 6.02. The molecule has 26 heavy (non-hydrogen) atoms. The maximum atomic E-state index is 12.5. The van der Waals surface area contributed by atoms with Crippen LogP contribution < -0.4 is 5.32 Å². The molecule has 2 aliphatic heterocycles. The highest BCUT2D eigenvalue weighted by atomic mass is 32.1. The van der Waals surface area contributed by atoms with Gasteiger partial charge >= 0.3 is 6.18 Å². The molecule has 0 radical (unpaired) electrons. The number of halogens is 3. The predicted molar refractivity (Wildman–Crippen MR) is 89.3 cm³/mol. The van der Waals surface area contributed by atoms with Crippen molar-refractivity contribution in [1.29, 1.82) is 0 Å². The van der Waals surface area contributed by atoms with Gasteiger partial charge in [0.05, 0.1) is 9.75 Å². The minimum Gasteiger partial charge on any atom is -0.338 e. The Morgan fingerprint density at radius 1 is 1.04 bits per heavy atom. The number of hydrogen-bond donors (Lipinski definition) is 1. The lowest BCUT2D eigenvalue weighted by Gasteiger charge is -2.32. The first-order valence-corrected chi connectivity index (χ1v) is 9.34. The molecule has 1 atom stereocenters. The summed E-state index contributed by atoms with van der Waals surface area (Å²) < 4.78 is 37.4. The number of nitrogens with zero attached hydrogens (tertiary/aromatic N) is 1. The molecule has 0 spiro atoms. The molecule has 2 aliphatic rings. The first kappa shape index (κ1) is 19.0. The third-order valence-electron chi connectivity index (χ3n) is 4.95. The van der Waals surface area contributed by atoms with Crippen molar-refractivity contribution >= 4 is 28.8 Å². The van der Waals surface area contributed by atoms with Crippen LogP contribution in [0.1, 0.15) is 38.6 Å². The Labute approximate surface area is 152 Å². The van der Waals surface area contributed by atoms with Crippen LogP contribution in [-0.4, -0.2) is 54.7 Å². The van der Waals surface area contributed by atoms with Crippen LogP contribution in [0.2, 0.25) is 0 Å². The number of nitrogens with one attached hydrogen (secondary N) is 1. The smallest absolute Gasteiger partial charge is 0.338 e.